The number of carboxylic acid groups (broad SMARTS) is 1. The number of hydrogen-bond donors (Lipinski definition) is 2. The minimum atomic E-state index is -0.990. The van der Waals surface area contributed by atoms with Crippen molar-refractivity contribution in [1.82, 2.24) is 5.43 Å². The van der Waals surface area contributed by atoms with Crippen molar-refractivity contribution < 1.29 is 19.4 Å². The summed E-state index contributed by atoms with van der Waals surface area (Å²) in [6.45, 7) is 3.77. The number of aromatic carboxylic acids is 1. The van der Waals surface area contributed by atoms with Crippen LogP contribution < -0.4 is 10.2 Å². The number of hydrogen-bond acceptors (Lipinski definition) is 4. The van der Waals surface area contributed by atoms with E-state index in [1.807, 2.05) is 32.0 Å². The molecule has 124 valence electrons. The third-order valence-electron chi connectivity index (χ3n) is 3.47. The molecular weight excluding hydrogens is 308 g/mol. The molecule has 0 radical (unpaired) electrons. The molecule has 0 unspecified atom stereocenters. The topological polar surface area (TPSA) is 88.0 Å². The third-order valence-corrected chi connectivity index (χ3v) is 3.47. The van der Waals surface area contributed by atoms with Gasteiger partial charge in [-0.3, -0.25) is 4.79 Å². The van der Waals surface area contributed by atoms with Crippen LogP contribution in [-0.4, -0.2) is 29.8 Å². The molecule has 0 spiro atoms. The summed E-state index contributed by atoms with van der Waals surface area (Å²) < 4.78 is 5.47. The SMILES string of the molecule is Cc1cccc(OCC(=O)NN=Cc2ccc(C(=O)O)cc2)c1C. The van der Waals surface area contributed by atoms with Crippen molar-refractivity contribution in [3.05, 3.63) is 64.7 Å². The van der Waals surface area contributed by atoms with Gasteiger partial charge in [0.2, 0.25) is 0 Å². The first-order valence-corrected chi connectivity index (χ1v) is 7.31. The first-order valence-electron chi connectivity index (χ1n) is 7.31. The molecule has 2 rings (SSSR count). The van der Waals surface area contributed by atoms with Crippen LogP contribution in [0, 0.1) is 13.8 Å². The Balaban J connectivity index is 1.84. The van der Waals surface area contributed by atoms with E-state index in [4.69, 9.17) is 9.84 Å². The zero-order valence-electron chi connectivity index (χ0n) is 13.4. The number of hydrazone groups is 1. The van der Waals surface area contributed by atoms with Crippen LogP contribution in [0.1, 0.15) is 27.0 Å². The average Bonchev–Trinajstić information content (AvgIpc) is 2.56. The van der Waals surface area contributed by atoms with Gasteiger partial charge in [0.25, 0.3) is 5.91 Å². The van der Waals surface area contributed by atoms with Crippen LogP contribution in [-0.2, 0) is 4.79 Å². The first kappa shape index (κ1) is 17.2. The van der Waals surface area contributed by atoms with Crippen molar-refractivity contribution >= 4 is 18.1 Å². The van der Waals surface area contributed by atoms with Crippen molar-refractivity contribution in [1.29, 1.82) is 0 Å². The van der Waals surface area contributed by atoms with Crippen molar-refractivity contribution in [2.45, 2.75) is 13.8 Å². The molecule has 2 N–H and O–H groups in total. The Morgan fingerprint density at radius 1 is 1.17 bits per heavy atom. The highest BCUT2D eigenvalue weighted by atomic mass is 16.5. The highest BCUT2D eigenvalue weighted by Crippen LogP contribution is 2.20. The van der Waals surface area contributed by atoms with Crippen molar-refractivity contribution in [2.24, 2.45) is 5.10 Å². The van der Waals surface area contributed by atoms with E-state index in [2.05, 4.69) is 10.5 Å². The van der Waals surface area contributed by atoms with Gasteiger partial charge < -0.3 is 9.84 Å². The molecule has 0 fully saturated rings. The normalized spacial score (nSPS) is 10.6. The Morgan fingerprint density at radius 3 is 2.54 bits per heavy atom. The number of aryl methyl sites for hydroxylation is 1. The fourth-order valence-corrected chi connectivity index (χ4v) is 1.95. The van der Waals surface area contributed by atoms with E-state index in [1.165, 1.54) is 18.3 Å². The van der Waals surface area contributed by atoms with Crippen molar-refractivity contribution in [3.8, 4) is 5.75 Å². The molecule has 24 heavy (non-hydrogen) atoms. The Morgan fingerprint density at radius 2 is 1.88 bits per heavy atom. The average molecular weight is 326 g/mol. The highest BCUT2D eigenvalue weighted by Gasteiger charge is 2.05. The van der Waals surface area contributed by atoms with Crippen LogP contribution >= 0.6 is 0 Å². The summed E-state index contributed by atoms with van der Waals surface area (Å²) in [5, 5.41) is 12.6. The maximum absolute atomic E-state index is 11.7. The van der Waals surface area contributed by atoms with Gasteiger partial charge in [0.15, 0.2) is 6.61 Å². The first-order chi connectivity index (χ1) is 11.5. The zero-order valence-corrected chi connectivity index (χ0v) is 13.4. The molecule has 0 heterocycles. The smallest absolute Gasteiger partial charge is 0.335 e. The van der Waals surface area contributed by atoms with Gasteiger partial charge >= 0.3 is 5.97 Å². The second kappa shape index (κ2) is 7.92. The van der Waals surface area contributed by atoms with Gasteiger partial charge in [-0.15, -0.1) is 0 Å². The third kappa shape index (κ3) is 4.67. The van der Waals surface area contributed by atoms with E-state index in [-0.39, 0.29) is 18.1 Å². The Bertz CT molecular complexity index is 767. The Hall–Kier alpha value is -3.15. The summed E-state index contributed by atoms with van der Waals surface area (Å²) in [6, 6.07) is 11.8. The maximum Gasteiger partial charge on any atom is 0.335 e. The molecule has 0 bridgehead atoms. The fraction of sp³-hybridized carbons (Fsp3) is 0.167. The van der Waals surface area contributed by atoms with Gasteiger partial charge in [0.05, 0.1) is 11.8 Å². The largest absolute Gasteiger partial charge is 0.483 e. The maximum atomic E-state index is 11.7. The number of ether oxygens (including phenoxy) is 1. The number of carboxylic acids is 1. The number of carbonyl (C=O) groups is 2. The molecule has 0 aliphatic carbocycles. The summed E-state index contributed by atoms with van der Waals surface area (Å²) in [6.07, 6.45) is 1.43. The summed E-state index contributed by atoms with van der Waals surface area (Å²) in [7, 11) is 0. The number of nitrogens with zero attached hydrogens (tertiary/aromatic N) is 1. The number of benzene rings is 2. The zero-order chi connectivity index (χ0) is 17.5. The minimum absolute atomic E-state index is 0.139. The van der Waals surface area contributed by atoms with Gasteiger partial charge in [-0.1, -0.05) is 24.3 Å². The lowest BCUT2D eigenvalue weighted by Crippen LogP contribution is -2.24. The van der Waals surface area contributed by atoms with E-state index in [0.717, 1.165) is 11.1 Å². The lowest BCUT2D eigenvalue weighted by atomic mass is 10.1. The number of amides is 1. The molecule has 0 aliphatic heterocycles. The van der Waals surface area contributed by atoms with Crippen molar-refractivity contribution in [2.75, 3.05) is 6.61 Å². The monoisotopic (exact) mass is 326 g/mol. The standard InChI is InChI=1S/C18H18N2O4/c1-12-4-3-5-16(13(12)2)24-11-17(21)20-19-10-14-6-8-15(9-7-14)18(22)23/h3-10H,11H2,1-2H3,(H,20,21)(H,22,23). The van der Waals surface area contributed by atoms with E-state index in [1.54, 1.807) is 12.1 Å². The fourth-order valence-electron chi connectivity index (χ4n) is 1.95. The van der Waals surface area contributed by atoms with Gasteiger partial charge in [-0.05, 0) is 48.7 Å². The predicted octanol–water partition coefficient (Wildman–Crippen LogP) is 2.53. The summed E-state index contributed by atoms with van der Waals surface area (Å²) in [4.78, 5) is 22.5. The van der Waals surface area contributed by atoms with Gasteiger partial charge in [0, 0.05) is 0 Å². The lowest BCUT2D eigenvalue weighted by molar-refractivity contribution is -0.123. The Kier molecular flexibility index (Phi) is 5.68. The van der Waals surface area contributed by atoms with Crippen LogP contribution in [0.5, 0.6) is 5.75 Å². The van der Waals surface area contributed by atoms with Gasteiger partial charge in [0.1, 0.15) is 5.75 Å². The van der Waals surface area contributed by atoms with Crippen LogP contribution in [0.3, 0.4) is 0 Å². The van der Waals surface area contributed by atoms with Crippen LogP contribution in [0.25, 0.3) is 0 Å². The molecule has 0 aromatic heterocycles. The molecule has 1 amide bonds. The van der Waals surface area contributed by atoms with E-state index < -0.39 is 5.97 Å². The summed E-state index contributed by atoms with van der Waals surface area (Å²) >= 11 is 0. The van der Waals surface area contributed by atoms with Crippen LogP contribution in [0.2, 0.25) is 0 Å². The molecule has 2 aromatic carbocycles. The van der Waals surface area contributed by atoms with Crippen molar-refractivity contribution in [3.63, 3.8) is 0 Å². The molecule has 6 nitrogen and oxygen atoms in total. The van der Waals surface area contributed by atoms with Gasteiger partial charge in [-0.25, -0.2) is 10.2 Å². The molecule has 6 heteroatoms. The minimum Gasteiger partial charge on any atom is -0.483 e. The number of nitrogens with one attached hydrogen (secondary N) is 1. The second-order valence-electron chi connectivity index (χ2n) is 5.21. The number of rotatable bonds is 6. The molecular formula is C18H18N2O4. The van der Waals surface area contributed by atoms with Crippen LogP contribution in [0.15, 0.2) is 47.6 Å². The molecule has 2 aromatic rings. The lowest BCUT2D eigenvalue weighted by Gasteiger charge is -2.09. The highest BCUT2D eigenvalue weighted by molar-refractivity contribution is 5.89. The van der Waals surface area contributed by atoms with E-state index in [9.17, 15) is 9.59 Å². The number of carbonyl (C=O) groups excluding carboxylic acids is 1. The Labute approximate surface area is 139 Å². The van der Waals surface area contributed by atoms with E-state index >= 15 is 0 Å². The second-order valence-corrected chi connectivity index (χ2v) is 5.21. The molecule has 0 saturated carbocycles. The summed E-state index contributed by atoms with van der Waals surface area (Å²) in [5.74, 6) is -0.705. The van der Waals surface area contributed by atoms with Crippen LogP contribution in [0.4, 0.5) is 0 Å². The predicted molar refractivity (Wildman–Crippen MR) is 90.5 cm³/mol. The van der Waals surface area contributed by atoms with Gasteiger partial charge in [-0.2, -0.15) is 5.10 Å². The quantitative estimate of drug-likeness (QED) is 0.631. The molecule has 0 aliphatic rings. The van der Waals surface area contributed by atoms with E-state index in [0.29, 0.717) is 11.3 Å². The molecule has 0 saturated heterocycles. The summed E-state index contributed by atoms with van der Waals surface area (Å²) in [5.41, 5.74) is 5.32. The molecule has 0 atom stereocenters.